The summed E-state index contributed by atoms with van der Waals surface area (Å²) in [4.78, 5) is 25.4. The summed E-state index contributed by atoms with van der Waals surface area (Å²) in [6.07, 6.45) is 4.14. The fourth-order valence-corrected chi connectivity index (χ4v) is 4.19. The number of rotatable bonds is 5. The average Bonchev–Trinajstić information content (AvgIpc) is 3.23. The molecule has 132 valence electrons. The maximum atomic E-state index is 12.2. The summed E-state index contributed by atoms with van der Waals surface area (Å²) in [5, 5.41) is 6.99. The molecule has 0 saturated heterocycles. The van der Waals surface area contributed by atoms with E-state index >= 15 is 0 Å². The van der Waals surface area contributed by atoms with Crippen LogP contribution in [-0.4, -0.2) is 24.8 Å². The molecule has 25 heavy (non-hydrogen) atoms. The fourth-order valence-electron chi connectivity index (χ4n) is 2.59. The number of fused-ring (bicyclic) bond motifs is 1. The lowest BCUT2D eigenvalue weighted by Crippen LogP contribution is -2.25. The van der Waals surface area contributed by atoms with E-state index in [1.54, 1.807) is 19.1 Å². The first kappa shape index (κ1) is 17.7. The van der Waals surface area contributed by atoms with E-state index in [0.717, 1.165) is 29.7 Å². The van der Waals surface area contributed by atoms with Crippen LogP contribution in [0.25, 0.3) is 0 Å². The monoisotopic (exact) mass is 425 g/mol. The van der Waals surface area contributed by atoms with Gasteiger partial charge in [0.05, 0.1) is 18.4 Å². The smallest absolute Gasteiger partial charge is 0.341 e. The molecular weight excluding hydrogens is 410 g/mol. The lowest BCUT2D eigenvalue weighted by atomic mass is 10.1. The molecule has 0 atom stereocenters. The highest BCUT2D eigenvalue weighted by Gasteiger charge is 2.28. The molecule has 2 aromatic rings. The maximum absolute atomic E-state index is 12.2. The second-order valence-electron chi connectivity index (χ2n) is 5.25. The van der Waals surface area contributed by atoms with Gasteiger partial charge in [-0.3, -0.25) is 5.32 Å². The van der Waals surface area contributed by atoms with Gasteiger partial charge in [0.25, 0.3) is 0 Å². The number of hydrazone groups is 1. The summed E-state index contributed by atoms with van der Waals surface area (Å²) in [6, 6.07) is 2.89. The summed E-state index contributed by atoms with van der Waals surface area (Å²) < 4.78 is 10.9. The minimum absolute atomic E-state index is 0.290. The van der Waals surface area contributed by atoms with Crippen molar-refractivity contribution in [1.82, 2.24) is 5.43 Å². The maximum Gasteiger partial charge on any atom is 0.341 e. The zero-order valence-electron chi connectivity index (χ0n) is 13.4. The van der Waals surface area contributed by atoms with E-state index in [9.17, 15) is 9.59 Å². The number of halogens is 1. The largest absolute Gasteiger partial charge is 0.462 e. The Hall–Kier alpha value is -2.13. The third kappa shape index (κ3) is 4.10. The topological polar surface area (TPSA) is 92.9 Å². The molecule has 2 amide bonds. The van der Waals surface area contributed by atoms with Crippen molar-refractivity contribution in [2.24, 2.45) is 5.10 Å². The molecule has 0 spiro atoms. The number of nitrogens with zero attached hydrogens (tertiary/aromatic N) is 1. The average molecular weight is 426 g/mol. The van der Waals surface area contributed by atoms with Gasteiger partial charge in [0.15, 0.2) is 4.67 Å². The van der Waals surface area contributed by atoms with Crippen LogP contribution in [-0.2, 0) is 17.6 Å². The number of amides is 2. The lowest BCUT2D eigenvalue weighted by Gasteiger charge is -2.07. The van der Waals surface area contributed by atoms with Crippen molar-refractivity contribution in [3.63, 3.8) is 0 Å². The van der Waals surface area contributed by atoms with E-state index < -0.39 is 12.0 Å². The van der Waals surface area contributed by atoms with Crippen LogP contribution in [0.2, 0.25) is 0 Å². The number of carbonyl (C=O) groups is 2. The number of furan rings is 1. The lowest BCUT2D eigenvalue weighted by molar-refractivity contribution is 0.0527. The van der Waals surface area contributed by atoms with E-state index in [0.29, 0.717) is 21.0 Å². The molecule has 2 N–H and O–H groups in total. The van der Waals surface area contributed by atoms with Gasteiger partial charge in [-0.25, -0.2) is 15.0 Å². The van der Waals surface area contributed by atoms with Gasteiger partial charge >= 0.3 is 12.0 Å². The molecule has 1 aliphatic rings. The van der Waals surface area contributed by atoms with Crippen molar-refractivity contribution in [3.8, 4) is 0 Å². The van der Waals surface area contributed by atoms with Crippen molar-refractivity contribution >= 4 is 50.5 Å². The summed E-state index contributed by atoms with van der Waals surface area (Å²) in [7, 11) is 0. The molecule has 2 heterocycles. The molecule has 3 rings (SSSR count). The number of hydrogen-bond acceptors (Lipinski definition) is 6. The highest BCUT2D eigenvalue weighted by atomic mass is 79.9. The van der Waals surface area contributed by atoms with E-state index in [1.807, 2.05) is 0 Å². The number of carbonyl (C=O) groups excluding carboxylic acids is 2. The number of thiophene rings is 1. The predicted molar refractivity (Wildman–Crippen MR) is 98.5 cm³/mol. The zero-order valence-corrected chi connectivity index (χ0v) is 15.8. The van der Waals surface area contributed by atoms with Gasteiger partial charge in [-0.2, -0.15) is 5.10 Å². The molecule has 0 aromatic carbocycles. The molecule has 0 aliphatic heterocycles. The first-order chi connectivity index (χ1) is 12.1. The molecule has 0 saturated carbocycles. The highest BCUT2D eigenvalue weighted by Crippen LogP contribution is 2.39. The molecule has 9 heteroatoms. The quantitative estimate of drug-likeness (QED) is 0.431. The Morgan fingerprint density at radius 3 is 3.00 bits per heavy atom. The predicted octanol–water partition coefficient (Wildman–Crippen LogP) is 3.92. The van der Waals surface area contributed by atoms with Crippen LogP contribution in [0.5, 0.6) is 0 Å². The van der Waals surface area contributed by atoms with Gasteiger partial charge in [0.1, 0.15) is 10.8 Å². The summed E-state index contributed by atoms with van der Waals surface area (Å²) in [5.74, 6) is 0.0932. The minimum Gasteiger partial charge on any atom is -0.462 e. The standard InChI is InChI=1S/C16H16BrN3O4S/c1-2-23-15(21)13-10-4-3-5-11(10)25-14(13)19-16(22)20-18-8-9-6-7-12(17)24-9/h6-8H,2-5H2,1H3,(H2,19,20,22). The van der Waals surface area contributed by atoms with Crippen LogP contribution in [0.1, 0.15) is 39.9 Å². The number of urea groups is 1. The molecule has 2 aromatic heterocycles. The Balaban J connectivity index is 1.68. The number of hydrogen-bond donors (Lipinski definition) is 2. The summed E-state index contributed by atoms with van der Waals surface area (Å²) >= 11 is 4.60. The third-order valence-electron chi connectivity index (χ3n) is 3.58. The van der Waals surface area contributed by atoms with Gasteiger partial charge in [-0.1, -0.05) is 0 Å². The molecular formula is C16H16BrN3O4S. The number of anilines is 1. The number of ether oxygens (including phenoxy) is 1. The second kappa shape index (κ2) is 7.83. The van der Waals surface area contributed by atoms with Crippen LogP contribution in [0.4, 0.5) is 9.80 Å². The van der Waals surface area contributed by atoms with Gasteiger partial charge in [0, 0.05) is 4.88 Å². The Labute approximate surface area is 156 Å². The second-order valence-corrected chi connectivity index (χ2v) is 7.13. The first-order valence-electron chi connectivity index (χ1n) is 7.75. The van der Waals surface area contributed by atoms with Crippen molar-refractivity contribution < 1.29 is 18.7 Å². The van der Waals surface area contributed by atoms with Crippen molar-refractivity contribution in [2.45, 2.75) is 26.2 Å². The molecule has 0 fully saturated rings. The molecule has 0 unspecified atom stereocenters. The van der Waals surface area contributed by atoms with Crippen LogP contribution in [0.15, 0.2) is 26.3 Å². The molecule has 0 radical (unpaired) electrons. The SMILES string of the molecule is CCOC(=O)c1c(NC(=O)NN=Cc2ccc(Br)o2)sc2c1CCC2. The number of nitrogens with one attached hydrogen (secondary N) is 2. The van der Waals surface area contributed by atoms with Crippen LogP contribution < -0.4 is 10.7 Å². The Morgan fingerprint density at radius 1 is 1.44 bits per heavy atom. The van der Waals surface area contributed by atoms with Crippen LogP contribution in [0.3, 0.4) is 0 Å². The molecule has 1 aliphatic carbocycles. The summed E-state index contributed by atoms with van der Waals surface area (Å²) in [5.41, 5.74) is 3.81. The normalized spacial score (nSPS) is 13.0. The van der Waals surface area contributed by atoms with Gasteiger partial charge in [-0.15, -0.1) is 11.3 Å². The fraction of sp³-hybridized carbons (Fsp3) is 0.312. The summed E-state index contributed by atoms with van der Waals surface area (Å²) in [6.45, 7) is 2.05. The Bertz CT molecular complexity index is 827. The number of esters is 1. The molecule has 7 nitrogen and oxygen atoms in total. The van der Waals surface area contributed by atoms with Crippen molar-refractivity contribution in [3.05, 3.63) is 38.6 Å². The van der Waals surface area contributed by atoms with Crippen molar-refractivity contribution in [1.29, 1.82) is 0 Å². The zero-order chi connectivity index (χ0) is 17.8. The highest BCUT2D eigenvalue weighted by molar-refractivity contribution is 9.10. The van der Waals surface area contributed by atoms with Gasteiger partial charge < -0.3 is 9.15 Å². The third-order valence-corrected chi connectivity index (χ3v) is 5.21. The van der Waals surface area contributed by atoms with Gasteiger partial charge in [0.2, 0.25) is 0 Å². The molecule has 0 bridgehead atoms. The van der Waals surface area contributed by atoms with E-state index in [1.165, 1.54) is 17.6 Å². The Morgan fingerprint density at radius 2 is 2.28 bits per heavy atom. The van der Waals surface area contributed by atoms with E-state index in [2.05, 4.69) is 31.8 Å². The van der Waals surface area contributed by atoms with Crippen molar-refractivity contribution in [2.75, 3.05) is 11.9 Å². The van der Waals surface area contributed by atoms with E-state index in [4.69, 9.17) is 9.15 Å². The van der Waals surface area contributed by atoms with E-state index in [-0.39, 0.29) is 6.61 Å². The van der Waals surface area contributed by atoms with Crippen LogP contribution in [0, 0.1) is 0 Å². The van der Waals surface area contributed by atoms with Gasteiger partial charge in [-0.05, 0) is 59.8 Å². The Kier molecular flexibility index (Phi) is 5.54. The minimum atomic E-state index is -0.535. The van der Waals surface area contributed by atoms with Crippen LogP contribution >= 0.6 is 27.3 Å². The first-order valence-corrected chi connectivity index (χ1v) is 9.36. The number of aryl methyl sites for hydroxylation is 1.